The van der Waals surface area contributed by atoms with Gasteiger partial charge in [0.05, 0.1) is 6.61 Å². The molecule has 0 aromatic heterocycles. The molecule has 0 bridgehead atoms. The molecule has 0 aromatic rings. The molecule has 0 spiro atoms. The van der Waals surface area contributed by atoms with Gasteiger partial charge in [-0.15, -0.1) is 0 Å². The fraction of sp³-hybridized carbons (Fsp3) is 0.667. The summed E-state index contributed by atoms with van der Waals surface area (Å²) < 4.78 is 0. The third-order valence-corrected chi connectivity index (χ3v) is 2.00. The lowest BCUT2D eigenvalue weighted by molar-refractivity contribution is -0.129. The van der Waals surface area contributed by atoms with Crippen molar-refractivity contribution < 1.29 is 19.8 Å². The fourth-order valence-electron chi connectivity index (χ4n) is 1.02. The van der Waals surface area contributed by atoms with Crippen molar-refractivity contribution in [3.8, 4) is 0 Å². The molecule has 3 N–H and O–H groups in total. The maximum atomic E-state index is 11.1. The van der Waals surface area contributed by atoms with Crippen molar-refractivity contribution in [1.82, 2.24) is 10.2 Å². The van der Waals surface area contributed by atoms with Gasteiger partial charge >= 0.3 is 6.03 Å². The molecule has 1 aliphatic heterocycles. The lowest BCUT2D eigenvalue weighted by atomic mass is 10.0. The molecule has 1 unspecified atom stereocenters. The van der Waals surface area contributed by atoms with E-state index in [1.165, 1.54) is 6.92 Å². The monoisotopic (exact) mass is 174 g/mol. The van der Waals surface area contributed by atoms with E-state index in [1.54, 1.807) is 0 Å². The van der Waals surface area contributed by atoms with E-state index < -0.39 is 30.8 Å². The highest BCUT2D eigenvalue weighted by Crippen LogP contribution is 2.19. The van der Waals surface area contributed by atoms with Gasteiger partial charge in [-0.3, -0.25) is 15.0 Å². The number of aliphatic hydroxyl groups is 2. The minimum Gasteiger partial charge on any atom is -0.393 e. The van der Waals surface area contributed by atoms with Crippen LogP contribution in [0.15, 0.2) is 0 Å². The van der Waals surface area contributed by atoms with Crippen molar-refractivity contribution in [2.75, 3.05) is 13.3 Å². The van der Waals surface area contributed by atoms with E-state index in [9.17, 15) is 9.59 Å². The number of hydrogen-bond donors (Lipinski definition) is 3. The van der Waals surface area contributed by atoms with E-state index >= 15 is 0 Å². The van der Waals surface area contributed by atoms with Crippen molar-refractivity contribution in [2.45, 2.75) is 12.5 Å². The second kappa shape index (κ2) is 2.72. The van der Waals surface area contributed by atoms with Crippen molar-refractivity contribution >= 4 is 11.9 Å². The molecule has 1 aliphatic rings. The molecule has 0 saturated carbocycles. The Morgan fingerprint density at radius 1 is 1.50 bits per heavy atom. The van der Waals surface area contributed by atoms with Crippen LogP contribution in [0.3, 0.4) is 0 Å². The molecule has 6 heteroatoms. The third-order valence-electron chi connectivity index (χ3n) is 2.00. The first-order chi connectivity index (χ1) is 5.56. The maximum Gasteiger partial charge on any atom is 0.326 e. The number of aliphatic hydroxyl groups excluding tert-OH is 2. The Balaban J connectivity index is 2.97. The standard InChI is InChI=1S/C6H10N2O4/c1-6(2-9)4(11)7-5(12)8(6)3-10/h9-10H,2-3H2,1H3,(H,7,11,12). The Bertz CT molecular complexity index is 230. The van der Waals surface area contributed by atoms with Crippen LogP contribution in [0.25, 0.3) is 0 Å². The predicted molar refractivity (Wildman–Crippen MR) is 38.0 cm³/mol. The minimum absolute atomic E-state index is 0.509. The smallest absolute Gasteiger partial charge is 0.326 e. The van der Waals surface area contributed by atoms with Crippen LogP contribution in [-0.2, 0) is 4.79 Å². The van der Waals surface area contributed by atoms with Gasteiger partial charge in [-0.1, -0.05) is 0 Å². The summed E-state index contributed by atoms with van der Waals surface area (Å²) in [7, 11) is 0. The lowest BCUT2D eigenvalue weighted by Gasteiger charge is -2.27. The van der Waals surface area contributed by atoms with E-state index in [2.05, 4.69) is 0 Å². The van der Waals surface area contributed by atoms with Crippen LogP contribution in [0.1, 0.15) is 6.92 Å². The molecule has 0 aromatic carbocycles. The molecule has 1 atom stereocenters. The molecule has 6 nitrogen and oxygen atoms in total. The van der Waals surface area contributed by atoms with Crippen LogP contribution in [-0.4, -0.2) is 45.9 Å². The van der Waals surface area contributed by atoms with Crippen molar-refractivity contribution in [3.05, 3.63) is 0 Å². The first-order valence-corrected chi connectivity index (χ1v) is 3.41. The number of imide groups is 1. The minimum atomic E-state index is -1.33. The number of hydrogen-bond acceptors (Lipinski definition) is 4. The molecule has 1 fully saturated rings. The lowest BCUT2D eigenvalue weighted by Crippen LogP contribution is -2.50. The van der Waals surface area contributed by atoms with E-state index in [-0.39, 0.29) is 0 Å². The van der Waals surface area contributed by atoms with Gasteiger partial charge in [-0.25, -0.2) is 4.79 Å². The largest absolute Gasteiger partial charge is 0.393 e. The molecule has 12 heavy (non-hydrogen) atoms. The predicted octanol–water partition coefficient (Wildman–Crippen LogP) is -1.76. The average Bonchev–Trinajstić information content (AvgIpc) is 2.24. The molecular weight excluding hydrogens is 164 g/mol. The van der Waals surface area contributed by atoms with Crippen molar-refractivity contribution in [2.24, 2.45) is 0 Å². The summed E-state index contributed by atoms with van der Waals surface area (Å²) in [4.78, 5) is 22.8. The number of urea groups is 1. The number of nitrogens with one attached hydrogen (secondary N) is 1. The molecule has 68 valence electrons. The van der Waals surface area contributed by atoms with Crippen molar-refractivity contribution in [1.29, 1.82) is 0 Å². The highest BCUT2D eigenvalue weighted by Gasteiger charge is 2.48. The van der Waals surface area contributed by atoms with Gasteiger partial charge in [0.25, 0.3) is 5.91 Å². The number of nitrogens with zero attached hydrogens (tertiary/aromatic N) is 1. The molecule has 0 radical (unpaired) electrons. The third kappa shape index (κ3) is 0.961. The molecular formula is C6H10N2O4. The number of rotatable bonds is 2. The van der Waals surface area contributed by atoms with Crippen LogP contribution in [0.5, 0.6) is 0 Å². The topological polar surface area (TPSA) is 89.9 Å². The van der Waals surface area contributed by atoms with Crippen LogP contribution in [0, 0.1) is 0 Å². The quantitative estimate of drug-likeness (QED) is 0.432. The van der Waals surface area contributed by atoms with Gasteiger partial charge in [0.15, 0.2) is 0 Å². The highest BCUT2D eigenvalue weighted by atomic mass is 16.3. The Labute approximate surface area is 68.8 Å². The number of carbonyl (C=O) groups excluding carboxylic acids is 2. The molecule has 1 heterocycles. The van der Waals surface area contributed by atoms with Gasteiger partial charge < -0.3 is 10.2 Å². The molecule has 1 saturated heterocycles. The Morgan fingerprint density at radius 3 is 2.42 bits per heavy atom. The summed E-state index contributed by atoms with van der Waals surface area (Å²) in [5, 5.41) is 19.6. The number of carbonyl (C=O) groups is 2. The van der Waals surface area contributed by atoms with Crippen LogP contribution >= 0.6 is 0 Å². The summed E-state index contributed by atoms with van der Waals surface area (Å²) in [6.45, 7) is 0.281. The number of amides is 3. The van der Waals surface area contributed by atoms with Gasteiger partial charge in [0.1, 0.15) is 12.3 Å². The highest BCUT2D eigenvalue weighted by molar-refractivity contribution is 6.06. The van der Waals surface area contributed by atoms with Crippen LogP contribution in [0.2, 0.25) is 0 Å². The van der Waals surface area contributed by atoms with Crippen molar-refractivity contribution in [3.63, 3.8) is 0 Å². The van der Waals surface area contributed by atoms with Crippen LogP contribution in [0.4, 0.5) is 4.79 Å². The normalized spacial score (nSPS) is 29.4. The average molecular weight is 174 g/mol. The van der Waals surface area contributed by atoms with Gasteiger partial charge in [-0.2, -0.15) is 0 Å². The second-order valence-corrected chi connectivity index (χ2v) is 2.76. The molecule has 1 rings (SSSR count). The summed E-state index contributed by atoms with van der Waals surface area (Å²) in [6.07, 6.45) is 0. The zero-order chi connectivity index (χ0) is 9.35. The first-order valence-electron chi connectivity index (χ1n) is 3.41. The zero-order valence-corrected chi connectivity index (χ0v) is 6.57. The Morgan fingerprint density at radius 2 is 2.08 bits per heavy atom. The van der Waals surface area contributed by atoms with Gasteiger partial charge in [0, 0.05) is 0 Å². The SMILES string of the molecule is CC1(CO)C(=O)NC(=O)N1CO. The van der Waals surface area contributed by atoms with Gasteiger partial charge in [-0.05, 0) is 6.92 Å². The Hall–Kier alpha value is -1.14. The van der Waals surface area contributed by atoms with E-state index in [4.69, 9.17) is 10.2 Å². The Kier molecular flexibility index (Phi) is 2.03. The fourth-order valence-corrected chi connectivity index (χ4v) is 1.02. The van der Waals surface area contributed by atoms with E-state index in [1.807, 2.05) is 5.32 Å². The van der Waals surface area contributed by atoms with Gasteiger partial charge in [0.2, 0.25) is 0 Å². The van der Waals surface area contributed by atoms with E-state index in [0.717, 1.165) is 4.90 Å². The summed E-state index contributed by atoms with van der Waals surface area (Å²) in [6, 6.07) is -0.681. The maximum absolute atomic E-state index is 11.1. The zero-order valence-electron chi connectivity index (χ0n) is 6.57. The summed E-state index contributed by atoms with van der Waals surface area (Å²) in [5.41, 5.74) is -1.33. The molecule has 3 amide bonds. The first kappa shape index (κ1) is 8.95. The summed E-state index contributed by atoms with van der Waals surface area (Å²) in [5.74, 6) is -0.593. The second-order valence-electron chi connectivity index (χ2n) is 2.76. The molecule has 0 aliphatic carbocycles. The van der Waals surface area contributed by atoms with Crippen LogP contribution < -0.4 is 5.32 Å². The van der Waals surface area contributed by atoms with E-state index in [0.29, 0.717) is 0 Å². The summed E-state index contributed by atoms with van der Waals surface area (Å²) >= 11 is 0.